The van der Waals surface area contributed by atoms with Gasteiger partial charge >= 0.3 is 0 Å². The van der Waals surface area contributed by atoms with Gasteiger partial charge in [-0.2, -0.15) is 0 Å². The van der Waals surface area contributed by atoms with E-state index in [-0.39, 0.29) is 0 Å². The predicted molar refractivity (Wildman–Crippen MR) is 65.3 cm³/mol. The normalized spacial score (nSPS) is 20.2. The molecule has 0 spiro atoms. The van der Waals surface area contributed by atoms with E-state index in [9.17, 15) is 0 Å². The fourth-order valence-corrected chi connectivity index (χ4v) is 2.40. The summed E-state index contributed by atoms with van der Waals surface area (Å²) in [6, 6.07) is 2.51. The van der Waals surface area contributed by atoms with Crippen LogP contribution < -0.4 is 5.32 Å². The summed E-state index contributed by atoms with van der Waals surface area (Å²) in [5.74, 6) is 0.848. The summed E-state index contributed by atoms with van der Waals surface area (Å²) in [7, 11) is 2.21. The Balaban J connectivity index is 1.84. The average Bonchev–Trinajstić information content (AvgIpc) is 2.83. The molecule has 0 bridgehead atoms. The molecule has 0 aliphatic carbocycles. The Morgan fingerprint density at radius 3 is 2.88 bits per heavy atom. The fourth-order valence-electron chi connectivity index (χ4n) is 2.40. The molecule has 3 nitrogen and oxygen atoms in total. The highest BCUT2D eigenvalue weighted by Gasteiger charge is 2.19. The van der Waals surface area contributed by atoms with Gasteiger partial charge in [0.05, 0.1) is 12.5 Å². The molecule has 1 aliphatic heterocycles. The molecule has 1 fully saturated rings. The first-order valence-electron chi connectivity index (χ1n) is 6.20. The maximum Gasteiger partial charge on any atom is 0.0950 e. The van der Waals surface area contributed by atoms with Crippen molar-refractivity contribution in [2.75, 3.05) is 26.7 Å². The van der Waals surface area contributed by atoms with E-state index < -0.39 is 0 Å². The second kappa shape index (κ2) is 5.51. The molecule has 2 rings (SSSR count). The number of hydrogen-bond acceptors (Lipinski definition) is 3. The predicted octanol–water partition coefficient (Wildman–Crippen LogP) is 2.27. The minimum atomic E-state index is 0.452. The van der Waals surface area contributed by atoms with Crippen LogP contribution in [-0.2, 0) is 0 Å². The highest BCUT2D eigenvalue weighted by molar-refractivity contribution is 5.10. The van der Waals surface area contributed by atoms with Crippen LogP contribution in [0.5, 0.6) is 0 Å². The highest BCUT2D eigenvalue weighted by atomic mass is 16.3. The zero-order valence-electron chi connectivity index (χ0n) is 10.3. The second-order valence-corrected chi connectivity index (χ2v) is 4.87. The van der Waals surface area contributed by atoms with Gasteiger partial charge in [-0.3, -0.25) is 4.90 Å². The summed E-state index contributed by atoms with van der Waals surface area (Å²) in [6.07, 6.45) is 6.22. The molecule has 1 aliphatic rings. The Bertz CT molecular complexity index is 291. The average molecular weight is 222 g/mol. The van der Waals surface area contributed by atoms with Crippen molar-refractivity contribution in [3.05, 3.63) is 24.2 Å². The van der Waals surface area contributed by atoms with Gasteiger partial charge in [0.2, 0.25) is 0 Å². The number of nitrogens with zero attached hydrogens (tertiary/aromatic N) is 1. The largest absolute Gasteiger partial charge is 0.472 e. The third-order valence-electron chi connectivity index (χ3n) is 3.69. The lowest BCUT2D eigenvalue weighted by atomic mass is 9.97. The van der Waals surface area contributed by atoms with Crippen LogP contribution in [0.3, 0.4) is 0 Å². The molecule has 1 saturated heterocycles. The number of nitrogens with one attached hydrogen (secondary N) is 1. The van der Waals surface area contributed by atoms with E-state index in [4.69, 9.17) is 4.42 Å². The van der Waals surface area contributed by atoms with Gasteiger partial charge in [-0.1, -0.05) is 0 Å². The molecular formula is C13H22N2O. The zero-order chi connectivity index (χ0) is 11.4. The lowest BCUT2D eigenvalue weighted by Crippen LogP contribution is -2.35. The van der Waals surface area contributed by atoms with Crippen LogP contribution in [0.4, 0.5) is 0 Å². The van der Waals surface area contributed by atoms with E-state index in [0.29, 0.717) is 6.04 Å². The molecule has 1 unspecified atom stereocenters. The van der Waals surface area contributed by atoms with Gasteiger partial charge < -0.3 is 9.73 Å². The molecule has 1 atom stereocenters. The maximum absolute atomic E-state index is 5.14. The number of rotatable bonds is 4. The van der Waals surface area contributed by atoms with Crippen molar-refractivity contribution in [2.24, 2.45) is 5.92 Å². The summed E-state index contributed by atoms with van der Waals surface area (Å²) in [5, 5.41) is 3.41. The Morgan fingerprint density at radius 1 is 1.50 bits per heavy atom. The summed E-state index contributed by atoms with van der Waals surface area (Å²) in [5.41, 5.74) is 1.27. The smallest absolute Gasteiger partial charge is 0.0950 e. The lowest BCUT2D eigenvalue weighted by molar-refractivity contribution is 0.196. The standard InChI is InChI=1S/C13H22N2O/c1-11(13-5-8-16-10-13)15(2)9-12-3-6-14-7-4-12/h5,8,10-12,14H,3-4,6-7,9H2,1-2H3. The van der Waals surface area contributed by atoms with Crippen LogP contribution >= 0.6 is 0 Å². The third-order valence-corrected chi connectivity index (χ3v) is 3.69. The van der Waals surface area contributed by atoms with E-state index in [1.807, 2.05) is 6.26 Å². The van der Waals surface area contributed by atoms with Crippen molar-refractivity contribution >= 4 is 0 Å². The quantitative estimate of drug-likeness (QED) is 0.847. The molecule has 1 N–H and O–H groups in total. The first kappa shape index (κ1) is 11.7. The summed E-state index contributed by atoms with van der Waals surface area (Å²) in [4.78, 5) is 2.43. The monoisotopic (exact) mass is 222 g/mol. The molecule has 16 heavy (non-hydrogen) atoms. The molecule has 0 radical (unpaired) electrons. The molecule has 1 aromatic heterocycles. The molecule has 90 valence electrons. The second-order valence-electron chi connectivity index (χ2n) is 4.87. The van der Waals surface area contributed by atoms with Gasteiger partial charge in [-0.15, -0.1) is 0 Å². The Kier molecular flexibility index (Phi) is 4.02. The molecule has 0 amide bonds. The van der Waals surface area contributed by atoms with Gasteiger partial charge in [0, 0.05) is 18.2 Å². The SMILES string of the molecule is CC(c1ccoc1)N(C)CC1CCNCC1. The molecule has 2 heterocycles. The number of piperidine rings is 1. The molecule has 1 aromatic rings. The van der Waals surface area contributed by atoms with Crippen molar-refractivity contribution in [3.8, 4) is 0 Å². The van der Waals surface area contributed by atoms with E-state index in [1.165, 1.54) is 38.0 Å². The van der Waals surface area contributed by atoms with Gasteiger partial charge in [-0.05, 0) is 51.9 Å². The van der Waals surface area contributed by atoms with E-state index in [2.05, 4.69) is 30.3 Å². The third kappa shape index (κ3) is 2.86. The Hall–Kier alpha value is -0.800. The molecule has 0 saturated carbocycles. The van der Waals surface area contributed by atoms with Crippen LogP contribution in [0.2, 0.25) is 0 Å². The fraction of sp³-hybridized carbons (Fsp3) is 0.692. The number of furan rings is 1. The summed E-state index contributed by atoms with van der Waals surface area (Å²) < 4.78 is 5.14. The van der Waals surface area contributed by atoms with Crippen molar-refractivity contribution in [1.29, 1.82) is 0 Å². The van der Waals surface area contributed by atoms with Crippen LogP contribution in [0.1, 0.15) is 31.4 Å². The lowest BCUT2D eigenvalue weighted by Gasteiger charge is -2.30. The first-order valence-corrected chi connectivity index (χ1v) is 6.20. The van der Waals surface area contributed by atoms with Crippen molar-refractivity contribution < 1.29 is 4.42 Å². The first-order chi connectivity index (χ1) is 7.77. The van der Waals surface area contributed by atoms with Gasteiger partial charge in [0.1, 0.15) is 0 Å². The number of hydrogen-bond donors (Lipinski definition) is 1. The van der Waals surface area contributed by atoms with Crippen LogP contribution in [0.15, 0.2) is 23.0 Å². The molecular weight excluding hydrogens is 200 g/mol. The molecule has 0 aromatic carbocycles. The topological polar surface area (TPSA) is 28.4 Å². The summed E-state index contributed by atoms with van der Waals surface area (Å²) in [6.45, 7) is 5.79. The van der Waals surface area contributed by atoms with Crippen LogP contribution in [-0.4, -0.2) is 31.6 Å². The van der Waals surface area contributed by atoms with E-state index >= 15 is 0 Å². The maximum atomic E-state index is 5.14. The Labute approximate surface area is 97.8 Å². The van der Waals surface area contributed by atoms with Crippen molar-refractivity contribution in [3.63, 3.8) is 0 Å². The summed E-state index contributed by atoms with van der Waals surface area (Å²) >= 11 is 0. The van der Waals surface area contributed by atoms with Gasteiger partial charge in [-0.25, -0.2) is 0 Å². The highest BCUT2D eigenvalue weighted by Crippen LogP contribution is 2.22. The van der Waals surface area contributed by atoms with Gasteiger partial charge in [0.15, 0.2) is 0 Å². The minimum Gasteiger partial charge on any atom is -0.472 e. The van der Waals surface area contributed by atoms with Gasteiger partial charge in [0.25, 0.3) is 0 Å². The van der Waals surface area contributed by atoms with Crippen molar-refractivity contribution in [1.82, 2.24) is 10.2 Å². The van der Waals surface area contributed by atoms with E-state index in [1.54, 1.807) is 6.26 Å². The molecule has 3 heteroatoms. The van der Waals surface area contributed by atoms with Crippen LogP contribution in [0, 0.1) is 5.92 Å². The van der Waals surface area contributed by atoms with Crippen molar-refractivity contribution in [2.45, 2.75) is 25.8 Å². The zero-order valence-corrected chi connectivity index (χ0v) is 10.3. The van der Waals surface area contributed by atoms with E-state index in [0.717, 1.165) is 5.92 Å². The Morgan fingerprint density at radius 2 is 2.25 bits per heavy atom. The minimum absolute atomic E-state index is 0.452. The van der Waals surface area contributed by atoms with Crippen LogP contribution in [0.25, 0.3) is 0 Å².